The maximum Gasteiger partial charge on any atom is 0.326 e. The Morgan fingerprint density at radius 3 is 2.30 bits per heavy atom. The van der Waals surface area contributed by atoms with Crippen molar-refractivity contribution in [1.82, 2.24) is 4.72 Å². The maximum absolute atomic E-state index is 12.2. The van der Waals surface area contributed by atoms with E-state index in [0.29, 0.717) is 4.90 Å². The summed E-state index contributed by atoms with van der Waals surface area (Å²) < 4.78 is 19.5. The Hall–Kier alpha value is -1.24. The lowest BCUT2D eigenvalue weighted by Gasteiger charge is -2.24. The minimum absolute atomic E-state index is 0.165. The predicted molar refractivity (Wildman–Crippen MR) is 77.4 cm³/mol. The molecule has 6 heteroatoms. The molecule has 0 bridgehead atoms. The number of rotatable bonds is 6. The fraction of sp³-hybridized carbons (Fsp3) is 0.500. The van der Waals surface area contributed by atoms with Gasteiger partial charge in [-0.1, -0.05) is 31.5 Å². The second-order valence-corrected chi connectivity index (χ2v) is 6.18. The van der Waals surface area contributed by atoms with Crippen molar-refractivity contribution >= 4 is 17.0 Å². The summed E-state index contributed by atoms with van der Waals surface area (Å²) in [5.41, 5.74) is 1.05. The molecule has 20 heavy (non-hydrogen) atoms. The van der Waals surface area contributed by atoms with Gasteiger partial charge in [0.05, 0.1) is 18.1 Å². The number of hydrogen-bond donors (Lipinski definition) is 2. The van der Waals surface area contributed by atoms with Crippen LogP contribution in [0.3, 0.4) is 0 Å². The van der Waals surface area contributed by atoms with Crippen LogP contribution in [-0.4, -0.2) is 34.5 Å². The third-order valence-electron chi connectivity index (χ3n) is 2.95. The molecule has 3 atom stereocenters. The molecule has 0 aromatic heterocycles. The second kappa shape index (κ2) is 7.52. The minimum atomic E-state index is -1.59. The summed E-state index contributed by atoms with van der Waals surface area (Å²) in [6, 6.07) is 6.08. The SMILES string of the molecule is COC(=O)[C@@H](NS(=O)c1ccc(C)cc1)[C@H](O)C(C)C. The van der Waals surface area contributed by atoms with Crippen LogP contribution in [0.4, 0.5) is 0 Å². The molecule has 1 aromatic rings. The van der Waals surface area contributed by atoms with E-state index >= 15 is 0 Å². The third-order valence-corrected chi connectivity index (χ3v) is 4.12. The molecule has 0 radical (unpaired) electrons. The lowest BCUT2D eigenvalue weighted by molar-refractivity contribution is -0.146. The Balaban J connectivity index is 2.86. The first-order valence-electron chi connectivity index (χ1n) is 6.37. The quantitative estimate of drug-likeness (QED) is 0.773. The Morgan fingerprint density at radius 2 is 1.85 bits per heavy atom. The van der Waals surface area contributed by atoms with E-state index in [0.717, 1.165) is 5.56 Å². The molecule has 1 aromatic carbocycles. The number of aryl methyl sites for hydroxylation is 1. The number of ether oxygens (including phenoxy) is 1. The Kier molecular flexibility index (Phi) is 6.32. The number of nitrogens with one attached hydrogen (secondary N) is 1. The van der Waals surface area contributed by atoms with Crippen LogP contribution in [0, 0.1) is 12.8 Å². The standard InChI is InChI=1S/C14H21NO4S/c1-9(2)13(16)12(14(17)19-4)15-20(18)11-7-5-10(3)6-8-11/h5-9,12-13,15-16H,1-4H3/t12-,13+,20?/m0/s1. The van der Waals surface area contributed by atoms with Crippen molar-refractivity contribution in [3.63, 3.8) is 0 Å². The van der Waals surface area contributed by atoms with E-state index in [2.05, 4.69) is 9.46 Å². The van der Waals surface area contributed by atoms with Crippen LogP contribution in [0.1, 0.15) is 19.4 Å². The largest absolute Gasteiger partial charge is 0.468 e. The van der Waals surface area contributed by atoms with E-state index < -0.39 is 29.1 Å². The van der Waals surface area contributed by atoms with Crippen LogP contribution >= 0.6 is 0 Å². The van der Waals surface area contributed by atoms with Crippen LogP contribution in [0.5, 0.6) is 0 Å². The number of aliphatic hydroxyl groups is 1. The van der Waals surface area contributed by atoms with Gasteiger partial charge in [-0.2, -0.15) is 0 Å². The molecule has 2 N–H and O–H groups in total. The van der Waals surface area contributed by atoms with Crippen molar-refractivity contribution in [2.75, 3.05) is 7.11 Å². The minimum Gasteiger partial charge on any atom is -0.468 e. The lowest BCUT2D eigenvalue weighted by Crippen LogP contribution is -2.49. The van der Waals surface area contributed by atoms with Gasteiger partial charge in [0.2, 0.25) is 0 Å². The Bertz CT molecular complexity index is 473. The molecule has 0 saturated heterocycles. The van der Waals surface area contributed by atoms with Crippen LogP contribution in [0.15, 0.2) is 29.2 Å². The van der Waals surface area contributed by atoms with E-state index in [1.54, 1.807) is 26.0 Å². The molecule has 0 heterocycles. The van der Waals surface area contributed by atoms with Crippen molar-refractivity contribution in [3.8, 4) is 0 Å². The summed E-state index contributed by atoms with van der Waals surface area (Å²) in [6.07, 6.45) is -0.975. The molecular weight excluding hydrogens is 278 g/mol. The topological polar surface area (TPSA) is 75.6 Å². The van der Waals surface area contributed by atoms with Crippen molar-refractivity contribution in [3.05, 3.63) is 29.8 Å². The number of carbonyl (C=O) groups excluding carboxylic acids is 1. The summed E-state index contributed by atoms with van der Waals surface area (Å²) >= 11 is 0. The van der Waals surface area contributed by atoms with Gasteiger partial charge in [-0.3, -0.25) is 4.79 Å². The van der Waals surface area contributed by atoms with Gasteiger partial charge in [-0.25, -0.2) is 8.93 Å². The van der Waals surface area contributed by atoms with E-state index in [4.69, 9.17) is 0 Å². The summed E-state index contributed by atoms with van der Waals surface area (Å²) in [5.74, 6) is -0.798. The van der Waals surface area contributed by atoms with Crippen molar-refractivity contribution in [2.24, 2.45) is 5.92 Å². The molecule has 0 aliphatic carbocycles. The third kappa shape index (κ3) is 4.40. The molecular formula is C14H21NO4S. The van der Waals surface area contributed by atoms with Crippen LogP contribution < -0.4 is 4.72 Å². The van der Waals surface area contributed by atoms with E-state index in [-0.39, 0.29) is 5.92 Å². The average molecular weight is 299 g/mol. The highest BCUT2D eigenvalue weighted by Gasteiger charge is 2.31. The van der Waals surface area contributed by atoms with Gasteiger partial charge in [0.25, 0.3) is 0 Å². The number of benzene rings is 1. The van der Waals surface area contributed by atoms with Crippen molar-refractivity contribution in [1.29, 1.82) is 0 Å². The highest BCUT2D eigenvalue weighted by molar-refractivity contribution is 7.83. The molecule has 0 fully saturated rings. The van der Waals surface area contributed by atoms with Gasteiger partial charge in [0.15, 0.2) is 0 Å². The zero-order valence-corrected chi connectivity index (χ0v) is 12.9. The summed E-state index contributed by atoms with van der Waals surface area (Å²) in [5, 5.41) is 10.0. The number of aliphatic hydroxyl groups excluding tert-OH is 1. The highest BCUT2D eigenvalue weighted by Crippen LogP contribution is 2.12. The van der Waals surface area contributed by atoms with E-state index in [1.807, 2.05) is 19.1 Å². The molecule has 112 valence electrons. The lowest BCUT2D eigenvalue weighted by atomic mass is 10.0. The van der Waals surface area contributed by atoms with E-state index in [9.17, 15) is 14.1 Å². The molecule has 5 nitrogen and oxygen atoms in total. The molecule has 0 spiro atoms. The fourth-order valence-corrected chi connectivity index (χ4v) is 2.60. The monoisotopic (exact) mass is 299 g/mol. The normalized spacial score (nSPS) is 15.7. The average Bonchev–Trinajstić information content (AvgIpc) is 2.43. The smallest absolute Gasteiger partial charge is 0.326 e. The highest BCUT2D eigenvalue weighted by atomic mass is 32.2. The molecule has 0 aliphatic heterocycles. The molecule has 0 aliphatic rings. The van der Waals surface area contributed by atoms with Gasteiger partial charge in [0.1, 0.15) is 17.0 Å². The first kappa shape index (κ1) is 16.8. The Labute approximate surface area is 121 Å². The molecule has 0 amide bonds. The Morgan fingerprint density at radius 1 is 1.30 bits per heavy atom. The number of carbonyl (C=O) groups is 1. The van der Waals surface area contributed by atoms with Crippen molar-refractivity contribution < 1.29 is 18.8 Å². The van der Waals surface area contributed by atoms with Gasteiger partial charge in [-0.05, 0) is 25.0 Å². The van der Waals surface area contributed by atoms with Gasteiger partial charge in [0, 0.05) is 0 Å². The van der Waals surface area contributed by atoms with Gasteiger partial charge in [-0.15, -0.1) is 0 Å². The number of methoxy groups -OCH3 is 1. The van der Waals surface area contributed by atoms with Crippen LogP contribution in [-0.2, 0) is 20.5 Å². The number of hydrogen-bond acceptors (Lipinski definition) is 4. The zero-order valence-electron chi connectivity index (χ0n) is 12.1. The summed E-state index contributed by atoms with van der Waals surface area (Å²) in [4.78, 5) is 12.2. The van der Waals surface area contributed by atoms with Crippen LogP contribution in [0.25, 0.3) is 0 Å². The number of esters is 1. The predicted octanol–water partition coefficient (Wildman–Crippen LogP) is 1.17. The summed E-state index contributed by atoms with van der Waals surface area (Å²) in [6.45, 7) is 5.48. The molecule has 0 saturated carbocycles. The van der Waals surface area contributed by atoms with E-state index in [1.165, 1.54) is 7.11 Å². The second-order valence-electron chi connectivity index (χ2n) is 4.94. The fourth-order valence-electron chi connectivity index (χ4n) is 1.61. The zero-order chi connectivity index (χ0) is 15.3. The van der Waals surface area contributed by atoms with Crippen molar-refractivity contribution in [2.45, 2.75) is 37.8 Å². The molecule has 1 rings (SSSR count). The van der Waals surface area contributed by atoms with Crippen LogP contribution in [0.2, 0.25) is 0 Å². The summed E-state index contributed by atoms with van der Waals surface area (Å²) in [7, 11) is -0.357. The van der Waals surface area contributed by atoms with Gasteiger partial charge >= 0.3 is 5.97 Å². The molecule has 1 unspecified atom stereocenters. The first-order chi connectivity index (χ1) is 9.36. The van der Waals surface area contributed by atoms with Gasteiger partial charge < -0.3 is 9.84 Å². The maximum atomic E-state index is 12.2. The first-order valence-corrected chi connectivity index (χ1v) is 7.52.